The van der Waals surface area contributed by atoms with E-state index in [2.05, 4.69) is 18.0 Å². The van der Waals surface area contributed by atoms with E-state index in [1.165, 1.54) is 37.7 Å². The van der Waals surface area contributed by atoms with E-state index in [0.717, 1.165) is 18.6 Å². The molecule has 3 nitrogen and oxygen atoms in total. The third-order valence-electron chi connectivity index (χ3n) is 3.98. The molecular weight excluding hydrogens is 250 g/mol. The summed E-state index contributed by atoms with van der Waals surface area (Å²) in [5.74, 6) is 1.35. The van der Waals surface area contributed by atoms with Crippen molar-refractivity contribution >= 4 is 11.8 Å². The van der Waals surface area contributed by atoms with Crippen LogP contribution in [0.4, 0.5) is 5.69 Å². The van der Waals surface area contributed by atoms with E-state index in [1.54, 1.807) is 6.08 Å². The Kier molecular flexibility index (Phi) is 5.82. The fourth-order valence-corrected chi connectivity index (χ4v) is 2.89. The Morgan fingerprint density at radius 1 is 1.30 bits per heavy atom. The summed E-state index contributed by atoms with van der Waals surface area (Å²) in [6.45, 7) is 2.82. The summed E-state index contributed by atoms with van der Waals surface area (Å²) in [7, 11) is 0. The molecule has 0 bridgehead atoms. The third kappa shape index (κ3) is 3.71. The predicted octanol–water partition coefficient (Wildman–Crippen LogP) is 4.88. The highest BCUT2D eigenvalue weighted by Crippen LogP contribution is 2.41. The molecule has 1 saturated carbocycles. The summed E-state index contributed by atoms with van der Waals surface area (Å²) < 4.78 is 5.94. The van der Waals surface area contributed by atoms with Gasteiger partial charge in [0, 0.05) is 0 Å². The summed E-state index contributed by atoms with van der Waals surface area (Å²) in [6, 6.07) is 5.92. The average Bonchev–Trinajstić information content (AvgIpc) is 2.50. The van der Waals surface area contributed by atoms with Gasteiger partial charge >= 0.3 is 0 Å². The molecule has 0 atom stereocenters. The first-order valence-corrected chi connectivity index (χ1v) is 7.70. The van der Waals surface area contributed by atoms with Crippen molar-refractivity contribution in [1.82, 2.24) is 0 Å². The first-order valence-electron chi connectivity index (χ1n) is 7.70. The molecule has 1 aliphatic carbocycles. The minimum absolute atomic E-state index is 0.544. The topological polar surface area (TPSA) is 38.7 Å². The SMILES string of the molecule is CCCCOc1c(N=C=O)cccc1C1CCCCC1. The standard InChI is InChI=1S/C17H23NO2/c1-2-3-12-20-17-15(14-8-5-4-6-9-14)10-7-11-16(17)18-13-19/h7,10-11,14H,2-6,8-9,12H2,1H3. The Morgan fingerprint density at radius 2 is 2.10 bits per heavy atom. The molecule has 20 heavy (non-hydrogen) atoms. The van der Waals surface area contributed by atoms with Crippen molar-refractivity contribution in [2.45, 2.75) is 57.8 Å². The number of ether oxygens (including phenoxy) is 1. The van der Waals surface area contributed by atoms with E-state index in [1.807, 2.05) is 12.1 Å². The highest BCUT2D eigenvalue weighted by atomic mass is 16.5. The third-order valence-corrected chi connectivity index (χ3v) is 3.98. The smallest absolute Gasteiger partial charge is 0.240 e. The van der Waals surface area contributed by atoms with Crippen LogP contribution < -0.4 is 4.74 Å². The summed E-state index contributed by atoms with van der Waals surface area (Å²) in [4.78, 5) is 14.4. The Balaban J connectivity index is 2.27. The van der Waals surface area contributed by atoms with Crippen LogP contribution in [-0.2, 0) is 4.79 Å². The summed E-state index contributed by atoms with van der Waals surface area (Å²) in [5, 5.41) is 0. The largest absolute Gasteiger partial charge is 0.491 e. The number of rotatable bonds is 6. The maximum atomic E-state index is 10.6. The quantitative estimate of drug-likeness (QED) is 0.421. The first kappa shape index (κ1) is 14.8. The van der Waals surface area contributed by atoms with Gasteiger partial charge in [0.2, 0.25) is 6.08 Å². The number of para-hydroxylation sites is 1. The zero-order chi connectivity index (χ0) is 14.2. The number of benzene rings is 1. The van der Waals surface area contributed by atoms with E-state index < -0.39 is 0 Å². The number of unbranched alkanes of at least 4 members (excludes halogenated alkanes) is 1. The summed E-state index contributed by atoms with van der Waals surface area (Å²) in [6.07, 6.45) is 10.0. The molecule has 1 aromatic carbocycles. The molecule has 1 aliphatic rings. The van der Waals surface area contributed by atoms with E-state index >= 15 is 0 Å². The molecule has 0 unspecified atom stereocenters. The Labute approximate surface area is 121 Å². The minimum atomic E-state index is 0.544. The Bertz CT molecular complexity index is 472. The van der Waals surface area contributed by atoms with Gasteiger partial charge in [-0.05, 0) is 36.8 Å². The number of isocyanates is 1. The van der Waals surface area contributed by atoms with Crippen LogP contribution >= 0.6 is 0 Å². The van der Waals surface area contributed by atoms with Crippen LogP contribution in [0.15, 0.2) is 23.2 Å². The molecule has 3 heteroatoms. The molecule has 0 saturated heterocycles. The molecule has 0 heterocycles. The fourth-order valence-electron chi connectivity index (χ4n) is 2.89. The highest BCUT2D eigenvalue weighted by molar-refractivity contribution is 5.61. The molecule has 0 radical (unpaired) electrons. The van der Waals surface area contributed by atoms with Crippen molar-refractivity contribution in [1.29, 1.82) is 0 Å². The lowest BCUT2D eigenvalue weighted by atomic mass is 9.83. The highest BCUT2D eigenvalue weighted by Gasteiger charge is 2.21. The number of carbonyl (C=O) groups excluding carboxylic acids is 1. The predicted molar refractivity (Wildman–Crippen MR) is 80.5 cm³/mol. The van der Waals surface area contributed by atoms with Crippen molar-refractivity contribution in [3.8, 4) is 5.75 Å². The van der Waals surface area contributed by atoms with E-state index in [-0.39, 0.29) is 0 Å². The van der Waals surface area contributed by atoms with Crippen molar-refractivity contribution in [2.24, 2.45) is 4.99 Å². The molecule has 0 aromatic heterocycles. The normalized spacial score (nSPS) is 15.7. The van der Waals surface area contributed by atoms with Crippen LogP contribution in [0.25, 0.3) is 0 Å². The lowest BCUT2D eigenvalue weighted by Crippen LogP contribution is -2.08. The molecule has 2 rings (SSSR count). The number of nitrogens with zero attached hydrogens (tertiary/aromatic N) is 1. The molecule has 108 valence electrons. The van der Waals surface area contributed by atoms with Crippen molar-refractivity contribution in [2.75, 3.05) is 6.61 Å². The van der Waals surface area contributed by atoms with Crippen LogP contribution in [0.2, 0.25) is 0 Å². The first-order chi connectivity index (χ1) is 9.86. The van der Waals surface area contributed by atoms with Gasteiger partial charge in [-0.15, -0.1) is 0 Å². The lowest BCUT2D eigenvalue weighted by Gasteiger charge is -2.24. The average molecular weight is 273 g/mol. The van der Waals surface area contributed by atoms with Crippen LogP contribution in [-0.4, -0.2) is 12.7 Å². The number of hydrogen-bond donors (Lipinski definition) is 0. The monoisotopic (exact) mass is 273 g/mol. The van der Waals surface area contributed by atoms with E-state index in [0.29, 0.717) is 18.2 Å². The molecule has 0 amide bonds. The zero-order valence-electron chi connectivity index (χ0n) is 12.2. The van der Waals surface area contributed by atoms with Gasteiger partial charge in [0.15, 0.2) is 0 Å². The van der Waals surface area contributed by atoms with Crippen molar-refractivity contribution < 1.29 is 9.53 Å². The Hall–Kier alpha value is -1.60. The second kappa shape index (κ2) is 7.86. The minimum Gasteiger partial charge on any atom is -0.491 e. The van der Waals surface area contributed by atoms with Gasteiger partial charge in [-0.1, -0.05) is 44.7 Å². The Morgan fingerprint density at radius 3 is 2.80 bits per heavy atom. The van der Waals surface area contributed by atoms with Gasteiger partial charge in [-0.25, -0.2) is 4.79 Å². The van der Waals surface area contributed by atoms with Crippen LogP contribution in [0.3, 0.4) is 0 Å². The van der Waals surface area contributed by atoms with Gasteiger partial charge in [-0.3, -0.25) is 0 Å². The summed E-state index contributed by atoms with van der Waals surface area (Å²) >= 11 is 0. The van der Waals surface area contributed by atoms with Crippen molar-refractivity contribution in [3.05, 3.63) is 23.8 Å². The van der Waals surface area contributed by atoms with E-state index in [4.69, 9.17) is 4.74 Å². The maximum Gasteiger partial charge on any atom is 0.240 e. The van der Waals surface area contributed by atoms with Crippen LogP contribution in [0, 0.1) is 0 Å². The molecule has 0 aliphatic heterocycles. The van der Waals surface area contributed by atoms with Crippen LogP contribution in [0.1, 0.15) is 63.4 Å². The van der Waals surface area contributed by atoms with Gasteiger partial charge in [0.1, 0.15) is 11.4 Å². The maximum absolute atomic E-state index is 10.6. The second-order valence-corrected chi connectivity index (χ2v) is 5.44. The molecule has 0 spiro atoms. The van der Waals surface area contributed by atoms with Crippen LogP contribution in [0.5, 0.6) is 5.75 Å². The van der Waals surface area contributed by atoms with Gasteiger partial charge in [0.25, 0.3) is 0 Å². The van der Waals surface area contributed by atoms with Gasteiger partial charge in [-0.2, -0.15) is 4.99 Å². The fraction of sp³-hybridized carbons (Fsp3) is 0.588. The lowest BCUT2D eigenvalue weighted by molar-refractivity contribution is 0.302. The number of aliphatic imine (C=N–C) groups is 1. The van der Waals surface area contributed by atoms with Crippen molar-refractivity contribution in [3.63, 3.8) is 0 Å². The number of hydrogen-bond acceptors (Lipinski definition) is 3. The second-order valence-electron chi connectivity index (χ2n) is 5.44. The van der Waals surface area contributed by atoms with Gasteiger partial charge in [0.05, 0.1) is 6.61 Å². The van der Waals surface area contributed by atoms with Gasteiger partial charge < -0.3 is 4.74 Å². The summed E-state index contributed by atoms with van der Waals surface area (Å²) in [5.41, 5.74) is 1.84. The molecule has 1 aromatic rings. The molecule has 0 N–H and O–H groups in total. The van der Waals surface area contributed by atoms with E-state index in [9.17, 15) is 4.79 Å². The molecule has 1 fully saturated rings. The zero-order valence-corrected chi connectivity index (χ0v) is 12.2. The molecular formula is C17H23NO2.